The standard InChI is InChI=1S/C17H32N4OS2/c1-18-17(19-8-3-11-23-2)20-15-6-4-14(5-7-15)16(22)21-9-12-24-13-10-21/h14-15H,3-13H2,1-2H3,(H2,18,19,20). The Balaban J connectivity index is 1.68. The van der Waals surface area contributed by atoms with Crippen molar-refractivity contribution in [2.75, 3.05) is 50.2 Å². The van der Waals surface area contributed by atoms with E-state index in [9.17, 15) is 4.79 Å². The number of nitrogens with one attached hydrogen (secondary N) is 2. The lowest BCUT2D eigenvalue weighted by atomic mass is 9.85. The Bertz CT molecular complexity index is 405. The highest BCUT2D eigenvalue weighted by atomic mass is 32.2. The van der Waals surface area contributed by atoms with Gasteiger partial charge < -0.3 is 15.5 Å². The molecular weight excluding hydrogens is 340 g/mol. The SMILES string of the molecule is CN=C(NCCCSC)NC1CCC(C(=O)N2CCSCC2)CC1. The molecule has 24 heavy (non-hydrogen) atoms. The van der Waals surface area contributed by atoms with Gasteiger partial charge >= 0.3 is 0 Å². The summed E-state index contributed by atoms with van der Waals surface area (Å²) in [7, 11) is 1.83. The average Bonchev–Trinajstić information content (AvgIpc) is 2.65. The second-order valence-corrected chi connectivity index (χ2v) is 8.69. The first-order valence-electron chi connectivity index (χ1n) is 9.07. The van der Waals surface area contributed by atoms with Crippen LogP contribution in [0, 0.1) is 5.92 Å². The molecule has 0 unspecified atom stereocenters. The molecule has 0 aromatic heterocycles. The minimum absolute atomic E-state index is 0.239. The summed E-state index contributed by atoms with van der Waals surface area (Å²) in [6.07, 6.45) is 7.41. The van der Waals surface area contributed by atoms with Gasteiger partial charge in [-0.1, -0.05) is 0 Å². The molecule has 2 N–H and O–H groups in total. The normalized spacial score (nSPS) is 25.4. The number of hydrogen-bond acceptors (Lipinski definition) is 4. The third kappa shape index (κ3) is 6.39. The van der Waals surface area contributed by atoms with Gasteiger partial charge in [-0.2, -0.15) is 23.5 Å². The maximum atomic E-state index is 12.6. The predicted molar refractivity (Wildman–Crippen MR) is 107 cm³/mol. The zero-order chi connectivity index (χ0) is 17.2. The van der Waals surface area contributed by atoms with Crippen LogP contribution in [-0.2, 0) is 4.79 Å². The summed E-state index contributed by atoms with van der Waals surface area (Å²) in [6.45, 7) is 2.84. The van der Waals surface area contributed by atoms with Crippen molar-refractivity contribution in [3.8, 4) is 0 Å². The topological polar surface area (TPSA) is 56.7 Å². The highest BCUT2D eigenvalue weighted by molar-refractivity contribution is 7.99. The van der Waals surface area contributed by atoms with E-state index in [0.29, 0.717) is 11.9 Å². The first-order chi connectivity index (χ1) is 11.7. The van der Waals surface area contributed by atoms with Crippen LogP contribution in [0.25, 0.3) is 0 Å². The van der Waals surface area contributed by atoms with E-state index in [0.717, 1.165) is 69.2 Å². The molecule has 2 fully saturated rings. The van der Waals surface area contributed by atoms with Gasteiger partial charge in [0, 0.05) is 50.1 Å². The lowest BCUT2D eigenvalue weighted by molar-refractivity contribution is -0.136. The van der Waals surface area contributed by atoms with E-state index in [1.807, 2.05) is 30.6 Å². The van der Waals surface area contributed by atoms with Crippen molar-refractivity contribution >= 4 is 35.4 Å². The second kappa shape index (κ2) is 11.1. The van der Waals surface area contributed by atoms with Crippen molar-refractivity contribution in [2.24, 2.45) is 10.9 Å². The van der Waals surface area contributed by atoms with Crippen molar-refractivity contribution in [3.63, 3.8) is 0 Å². The molecule has 0 atom stereocenters. The van der Waals surface area contributed by atoms with Crippen molar-refractivity contribution in [1.82, 2.24) is 15.5 Å². The minimum atomic E-state index is 0.239. The van der Waals surface area contributed by atoms with Crippen LogP contribution in [0.2, 0.25) is 0 Å². The Morgan fingerprint density at radius 3 is 2.58 bits per heavy atom. The molecule has 1 saturated heterocycles. The zero-order valence-corrected chi connectivity index (χ0v) is 16.7. The zero-order valence-electron chi connectivity index (χ0n) is 15.1. The van der Waals surface area contributed by atoms with Crippen molar-refractivity contribution in [3.05, 3.63) is 0 Å². The molecule has 1 amide bonds. The number of nitrogens with zero attached hydrogens (tertiary/aromatic N) is 2. The van der Waals surface area contributed by atoms with Crippen molar-refractivity contribution in [2.45, 2.75) is 38.1 Å². The Hall–Kier alpha value is -0.560. The maximum absolute atomic E-state index is 12.6. The summed E-state index contributed by atoms with van der Waals surface area (Å²) >= 11 is 3.83. The van der Waals surface area contributed by atoms with Gasteiger partial charge in [-0.25, -0.2) is 0 Å². The molecule has 1 aliphatic carbocycles. The molecule has 0 aromatic rings. The molecule has 0 bridgehead atoms. The molecule has 0 aromatic carbocycles. The van der Waals surface area contributed by atoms with Crippen LogP contribution in [0.4, 0.5) is 0 Å². The number of carbonyl (C=O) groups excluding carboxylic acids is 1. The number of thioether (sulfide) groups is 2. The molecule has 1 aliphatic heterocycles. The van der Waals surface area contributed by atoms with Crippen LogP contribution in [0.1, 0.15) is 32.1 Å². The predicted octanol–water partition coefficient (Wildman–Crippen LogP) is 2.04. The quantitative estimate of drug-likeness (QED) is 0.424. The molecular formula is C17H32N4OS2. The molecule has 1 heterocycles. The van der Waals surface area contributed by atoms with Gasteiger partial charge in [0.2, 0.25) is 5.91 Å². The monoisotopic (exact) mass is 372 g/mol. The fourth-order valence-electron chi connectivity index (χ4n) is 3.34. The average molecular weight is 373 g/mol. The highest BCUT2D eigenvalue weighted by Crippen LogP contribution is 2.27. The Morgan fingerprint density at radius 2 is 1.96 bits per heavy atom. The van der Waals surface area contributed by atoms with Crippen LogP contribution in [0.3, 0.4) is 0 Å². The molecule has 5 nitrogen and oxygen atoms in total. The molecule has 7 heteroatoms. The number of amides is 1. The first kappa shape index (κ1) is 19.8. The summed E-state index contributed by atoms with van der Waals surface area (Å²) < 4.78 is 0. The summed E-state index contributed by atoms with van der Waals surface area (Å²) in [6, 6.07) is 0.442. The first-order valence-corrected chi connectivity index (χ1v) is 11.6. The summed E-state index contributed by atoms with van der Waals surface area (Å²) in [4.78, 5) is 19.0. The van der Waals surface area contributed by atoms with Gasteiger partial charge in [0.15, 0.2) is 5.96 Å². The number of hydrogen-bond donors (Lipinski definition) is 2. The fraction of sp³-hybridized carbons (Fsp3) is 0.882. The van der Waals surface area contributed by atoms with E-state index in [4.69, 9.17) is 0 Å². The van der Waals surface area contributed by atoms with Crippen molar-refractivity contribution in [1.29, 1.82) is 0 Å². The van der Waals surface area contributed by atoms with E-state index >= 15 is 0 Å². The Kier molecular flexibility index (Phi) is 9.17. The summed E-state index contributed by atoms with van der Waals surface area (Å²) in [5, 5.41) is 6.91. The van der Waals surface area contributed by atoms with Gasteiger partial charge in [-0.05, 0) is 44.1 Å². The molecule has 0 spiro atoms. The van der Waals surface area contributed by atoms with Gasteiger partial charge in [0.1, 0.15) is 0 Å². The highest BCUT2D eigenvalue weighted by Gasteiger charge is 2.30. The molecule has 0 radical (unpaired) electrons. The van der Waals surface area contributed by atoms with Gasteiger partial charge in [-0.15, -0.1) is 0 Å². The summed E-state index contributed by atoms with van der Waals surface area (Å²) in [5.74, 6) is 4.91. The van der Waals surface area contributed by atoms with Gasteiger partial charge in [-0.3, -0.25) is 9.79 Å². The van der Waals surface area contributed by atoms with Gasteiger partial charge in [0.05, 0.1) is 0 Å². The second-order valence-electron chi connectivity index (χ2n) is 6.48. The smallest absolute Gasteiger partial charge is 0.225 e. The van der Waals surface area contributed by atoms with Crippen LogP contribution >= 0.6 is 23.5 Å². The number of guanidine groups is 1. The molecule has 1 saturated carbocycles. The third-order valence-corrected chi connectivity index (χ3v) is 6.42. The lowest BCUT2D eigenvalue weighted by Crippen LogP contribution is -2.47. The lowest BCUT2D eigenvalue weighted by Gasteiger charge is -2.34. The van der Waals surface area contributed by atoms with E-state index in [2.05, 4.69) is 26.8 Å². The van der Waals surface area contributed by atoms with E-state index < -0.39 is 0 Å². The minimum Gasteiger partial charge on any atom is -0.356 e. The van der Waals surface area contributed by atoms with E-state index in [-0.39, 0.29) is 5.92 Å². The number of aliphatic imine (C=N–C) groups is 1. The summed E-state index contributed by atoms with van der Waals surface area (Å²) in [5.41, 5.74) is 0. The number of rotatable bonds is 6. The molecule has 2 aliphatic rings. The maximum Gasteiger partial charge on any atom is 0.225 e. The fourth-order valence-corrected chi connectivity index (χ4v) is 4.67. The Morgan fingerprint density at radius 1 is 1.25 bits per heavy atom. The largest absolute Gasteiger partial charge is 0.356 e. The van der Waals surface area contributed by atoms with Gasteiger partial charge in [0.25, 0.3) is 0 Å². The molecule has 2 rings (SSSR count). The van der Waals surface area contributed by atoms with Crippen LogP contribution in [0.15, 0.2) is 4.99 Å². The van der Waals surface area contributed by atoms with Crippen LogP contribution in [0.5, 0.6) is 0 Å². The number of carbonyl (C=O) groups is 1. The van der Waals surface area contributed by atoms with Crippen molar-refractivity contribution < 1.29 is 4.79 Å². The molecule has 138 valence electrons. The van der Waals surface area contributed by atoms with E-state index in [1.54, 1.807) is 0 Å². The van der Waals surface area contributed by atoms with Crippen LogP contribution < -0.4 is 10.6 Å². The third-order valence-electron chi connectivity index (χ3n) is 4.78. The van der Waals surface area contributed by atoms with E-state index in [1.165, 1.54) is 5.75 Å². The Labute approximate surface area is 155 Å². The van der Waals surface area contributed by atoms with Crippen LogP contribution in [-0.4, -0.2) is 73.0 Å².